The molecule has 180 valence electrons. The smallest absolute Gasteiger partial charge is 0.246 e. The van der Waals surface area contributed by atoms with E-state index in [1.54, 1.807) is 24.2 Å². The molecule has 0 aromatic heterocycles. The van der Waals surface area contributed by atoms with Crippen LogP contribution >= 0.6 is 11.6 Å². The fourth-order valence-electron chi connectivity index (χ4n) is 4.85. The summed E-state index contributed by atoms with van der Waals surface area (Å²) in [5, 5.41) is 15.2. The molecule has 6 nitrogen and oxygen atoms in total. The number of aliphatic hydroxyl groups excluding tert-OH is 1. The van der Waals surface area contributed by atoms with Gasteiger partial charge in [-0.15, -0.1) is 0 Å². The molecule has 0 spiro atoms. The minimum Gasteiger partial charge on any atom is -0.381 e. The average molecular weight is 482 g/mol. The Hall–Kier alpha value is -2.80. The third-order valence-electron chi connectivity index (χ3n) is 6.86. The predicted octanol–water partition coefficient (Wildman–Crippen LogP) is 4.69. The molecular formula is C27H32ClN3O3. The molecule has 1 saturated heterocycles. The van der Waals surface area contributed by atoms with Crippen molar-refractivity contribution in [1.82, 2.24) is 9.80 Å². The summed E-state index contributed by atoms with van der Waals surface area (Å²) in [7, 11) is 3.46. The molecule has 1 unspecified atom stereocenters. The number of carbonyl (C=O) groups excluding carboxylic acids is 1. The number of nitrogens with zero attached hydrogens (tertiary/aromatic N) is 2. The van der Waals surface area contributed by atoms with Crippen molar-refractivity contribution >= 4 is 29.3 Å². The minimum atomic E-state index is -0.691. The summed E-state index contributed by atoms with van der Waals surface area (Å²) in [6.07, 6.45) is 7.99. The van der Waals surface area contributed by atoms with Crippen molar-refractivity contribution in [2.24, 2.45) is 0 Å². The first-order chi connectivity index (χ1) is 16.3. The van der Waals surface area contributed by atoms with Crippen LogP contribution in [0.4, 0.5) is 5.69 Å². The number of hydrogen-bond acceptors (Lipinski definition) is 5. The maximum Gasteiger partial charge on any atom is 0.246 e. The fraction of sp³-hybridized carbons (Fsp3) is 0.370. The number of hydrogen-bond donors (Lipinski definition) is 2. The number of amides is 1. The molecule has 0 saturated carbocycles. The van der Waals surface area contributed by atoms with Gasteiger partial charge in [-0.05, 0) is 60.7 Å². The zero-order valence-electron chi connectivity index (χ0n) is 19.9. The zero-order chi connectivity index (χ0) is 24.3. The number of fused-ring (bicyclic) bond motifs is 1. The molecule has 2 aliphatic rings. The minimum absolute atomic E-state index is 0.000179. The van der Waals surface area contributed by atoms with Crippen LogP contribution in [0.5, 0.6) is 0 Å². The number of rotatable bonds is 6. The number of piperidine rings is 1. The molecule has 7 heteroatoms. The molecule has 1 amide bonds. The second-order valence-corrected chi connectivity index (χ2v) is 9.41. The van der Waals surface area contributed by atoms with Gasteiger partial charge in [0.05, 0.1) is 12.1 Å². The van der Waals surface area contributed by atoms with Gasteiger partial charge in [0, 0.05) is 55.8 Å². The molecule has 1 atom stereocenters. The standard InChI is InChI=1S/C27H32ClN3O3/c1-19-23(6-4-7-24(19)28)27(12-15-31(16-13-27)25(32)8-5-17-34-3)29-21-10-9-20-11-14-30(2)26(33)22(20)18-21/h4-11,14,18,26,29,33H,12-13,15-17H2,1-3H3/b8-5+. The monoisotopic (exact) mass is 481 g/mol. The van der Waals surface area contributed by atoms with E-state index in [9.17, 15) is 9.90 Å². The molecule has 2 aromatic rings. The summed E-state index contributed by atoms with van der Waals surface area (Å²) >= 11 is 6.52. The molecule has 0 radical (unpaired) electrons. The molecule has 2 heterocycles. The summed E-state index contributed by atoms with van der Waals surface area (Å²) in [4.78, 5) is 16.3. The Morgan fingerprint density at radius 1 is 1.29 bits per heavy atom. The van der Waals surface area contributed by atoms with Crippen LogP contribution in [0.3, 0.4) is 0 Å². The third kappa shape index (κ3) is 4.85. The lowest BCUT2D eigenvalue weighted by atomic mass is 9.78. The summed E-state index contributed by atoms with van der Waals surface area (Å²) in [5.74, 6) is 0.000179. The van der Waals surface area contributed by atoms with Crippen LogP contribution in [0.2, 0.25) is 5.02 Å². The number of carbonyl (C=O) groups is 1. The normalized spacial score (nSPS) is 19.4. The largest absolute Gasteiger partial charge is 0.381 e. The summed E-state index contributed by atoms with van der Waals surface area (Å²) < 4.78 is 5.01. The van der Waals surface area contributed by atoms with E-state index in [1.807, 2.05) is 61.5 Å². The third-order valence-corrected chi connectivity index (χ3v) is 7.27. The Labute approximate surface area is 206 Å². The second kappa shape index (κ2) is 10.2. The van der Waals surface area contributed by atoms with Gasteiger partial charge in [0.2, 0.25) is 5.91 Å². The lowest BCUT2D eigenvalue weighted by Gasteiger charge is -2.44. The number of methoxy groups -OCH3 is 1. The first kappa shape index (κ1) is 24.3. The van der Waals surface area contributed by atoms with Crippen molar-refractivity contribution in [3.8, 4) is 0 Å². The van der Waals surface area contributed by atoms with Gasteiger partial charge in [-0.25, -0.2) is 0 Å². The van der Waals surface area contributed by atoms with E-state index in [4.69, 9.17) is 16.3 Å². The molecular weight excluding hydrogens is 450 g/mol. The van der Waals surface area contributed by atoms with Crippen LogP contribution in [0.1, 0.15) is 41.3 Å². The van der Waals surface area contributed by atoms with Crippen LogP contribution in [-0.4, -0.2) is 54.7 Å². The van der Waals surface area contributed by atoms with Crippen LogP contribution in [0.15, 0.2) is 54.8 Å². The Morgan fingerprint density at radius 3 is 2.79 bits per heavy atom. The Bertz CT molecular complexity index is 1110. The highest BCUT2D eigenvalue weighted by atomic mass is 35.5. The molecule has 2 aromatic carbocycles. The molecule has 2 N–H and O–H groups in total. The van der Waals surface area contributed by atoms with E-state index in [0.29, 0.717) is 19.7 Å². The van der Waals surface area contributed by atoms with Crippen molar-refractivity contribution in [1.29, 1.82) is 0 Å². The number of ether oxygens (including phenoxy) is 1. The number of aliphatic hydroxyl groups is 1. The van der Waals surface area contributed by atoms with Crippen LogP contribution < -0.4 is 5.32 Å². The number of anilines is 1. The average Bonchev–Trinajstić information content (AvgIpc) is 2.84. The molecule has 0 aliphatic carbocycles. The fourth-order valence-corrected chi connectivity index (χ4v) is 5.02. The molecule has 4 rings (SSSR count). The van der Waals surface area contributed by atoms with Gasteiger partial charge in [-0.1, -0.05) is 35.9 Å². The van der Waals surface area contributed by atoms with E-state index in [2.05, 4.69) is 11.4 Å². The predicted molar refractivity (Wildman–Crippen MR) is 137 cm³/mol. The number of nitrogens with one attached hydrogen (secondary N) is 1. The van der Waals surface area contributed by atoms with Gasteiger partial charge in [0.1, 0.15) is 0 Å². The zero-order valence-corrected chi connectivity index (χ0v) is 20.7. The summed E-state index contributed by atoms with van der Waals surface area (Å²) in [6.45, 7) is 3.70. The topological polar surface area (TPSA) is 65.0 Å². The number of benzene rings is 2. The van der Waals surface area contributed by atoms with Crippen molar-refractivity contribution in [3.63, 3.8) is 0 Å². The van der Waals surface area contributed by atoms with Crippen LogP contribution in [0, 0.1) is 6.92 Å². The van der Waals surface area contributed by atoms with Gasteiger partial charge >= 0.3 is 0 Å². The lowest BCUT2D eigenvalue weighted by molar-refractivity contribution is -0.127. The highest BCUT2D eigenvalue weighted by Gasteiger charge is 2.38. The van der Waals surface area contributed by atoms with Crippen molar-refractivity contribution < 1.29 is 14.6 Å². The van der Waals surface area contributed by atoms with Gasteiger partial charge in [0.15, 0.2) is 6.23 Å². The first-order valence-corrected chi connectivity index (χ1v) is 11.9. The van der Waals surface area contributed by atoms with Crippen molar-refractivity contribution in [2.45, 2.75) is 31.5 Å². The molecule has 34 heavy (non-hydrogen) atoms. The van der Waals surface area contributed by atoms with E-state index in [1.165, 1.54) is 0 Å². The van der Waals surface area contributed by atoms with E-state index < -0.39 is 11.8 Å². The van der Waals surface area contributed by atoms with E-state index in [-0.39, 0.29) is 5.91 Å². The Kier molecular flexibility index (Phi) is 7.31. The van der Waals surface area contributed by atoms with Gasteiger partial charge in [-0.2, -0.15) is 0 Å². The van der Waals surface area contributed by atoms with E-state index in [0.717, 1.165) is 45.8 Å². The quantitative estimate of drug-likeness (QED) is 0.586. The molecule has 0 bridgehead atoms. The maximum atomic E-state index is 12.6. The number of likely N-dealkylation sites (tertiary alicyclic amines) is 1. The molecule has 1 fully saturated rings. The summed E-state index contributed by atoms with van der Waals surface area (Å²) in [5.41, 5.74) is 4.59. The first-order valence-electron chi connectivity index (χ1n) is 11.5. The summed E-state index contributed by atoms with van der Waals surface area (Å²) in [6, 6.07) is 12.1. The molecule has 2 aliphatic heterocycles. The van der Waals surface area contributed by atoms with Gasteiger partial charge in [0.25, 0.3) is 0 Å². The SMILES string of the molecule is COC/C=C/C(=O)N1CCC(Nc2ccc3c(c2)C(O)N(C)C=C3)(c2cccc(Cl)c2C)CC1. The van der Waals surface area contributed by atoms with E-state index >= 15 is 0 Å². The van der Waals surface area contributed by atoms with Gasteiger partial charge in [-0.3, -0.25) is 4.79 Å². The lowest BCUT2D eigenvalue weighted by Crippen LogP contribution is -2.49. The van der Waals surface area contributed by atoms with Crippen LogP contribution in [0.25, 0.3) is 6.08 Å². The Balaban J connectivity index is 1.64. The van der Waals surface area contributed by atoms with Gasteiger partial charge < -0.3 is 25.0 Å². The van der Waals surface area contributed by atoms with Crippen molar-refractivity contribution in [3.05, 3.63) is 82.0 Å². The Morgan fingerprint density at radius 2 is 2.06 bits per heavy atom. The van der Waals surface area contributed by atoms with Crippen LogP contribution in [-0.2, 0) is 15.1 Å². The highest BCUT2D eigenvalue weighted by molar-refractivity contribution is 6.31. The van der Waals surface area contributed by atoms with Crippen molar-refractivity contribution in [2.75, 3.05) is 39.2 Å². The number of halogens is 1. The second-order valence-electron chi connectivity index (χ2n) is 9.00. The highest BCUT2D eigenvalue weighted by Crippen LogP contribution is 2.41. The maximum absolute atomic E-state index is 12.6.